The topological polar surface area (TPSA) is 78.9 Å². The highest BCUT2D eigenvalue weighted by Gasteiger charge is 2.52. The second kappa shape index (κ2) is 8.77. The van der Waals surface area contributed by atoms with Gasteiger partial charge in [-0.05, 0) is 16.7 Å². The van der Waals surface area contributed by atoms with Gasteiger partial charge in [0.15, 0.2) is 0 Å². The van der Waals surface area contributed by atoms with Crippen molar-refractivity contribution < 1.29 is 26.6 Å². The van der Waals surface area contributed by atoms with E-state index in [0.29, 0.717) is 16.7 Å². The van der Waals surface area contributed by atoms with E-state index in [2.05, 4.69) is 0 Å². The van der Waals surface area contributed by atoms with Crippen LogP contribution in [0.5, 0.6) is 0 Å². The van der Waals surface area contributed by atoms with Gasteiger partial charge in [0.05, 0.1) is 18.5 Å². The zero-order valence-corrected chi connectivity index (χ0v) is 18.8. The van der Waals surface area contributed by atoms with Crippen LogP contribution in [0.2, 0.25) is 0 Å². The van der Waals surface area contributed by atoms with E-state index < -0.39 is 22.8 Å². The fraction of sp³-hybridized carbons (Fsp3) is 0.143. The largest absolute Gasteiger partial charge is 0.349 e. The van der Waals surface area contributed by atoms with E-state index in [4.69, 9.17) is 12.9 Å². The van der Waals surface area contributed by atoms with E-state index in [0.717, 1.165) is 0 Å². The number of hydrogen-bond donors (Lipinski definition) is 0. The van der Waals surface area contributed by atoms with Crippen LogP contribution in [0.3, 0.4) is 0 Å². The molecule has 0 radical (unpaired) electrons. The van der Waals surface area contributed by atoms with Crippen LogP contribution in [0.1, 0.15) is 16.7 Å². The standard InChI is InChI=1S/C21H21O6P3/c22-28(16-19-10-4-1-5-11-19)25-29(23,17-20-12-6-2-7-13-20)27-30(24,26-28)18-21-14-8-3-9-15-21/h1-15H,16-18H2. The van der Waals surface area contributed by atoms with E-state index in [1.54, 1.807) is 72.8 Å². The van der Waals surface area contributed by atoms with Crippen molar-refractivity contribution in [1.82, 2.24) is 0 Å². The molecule has 6 nitrogen and oxygen atoms in total. The van der Waals surface area contributed by atoms with Gasteiger partial charge in [-0.25, -0.2) is 12.9 Å². The summed E-state index contributed by atoms with van der Waals surface area (Å²) in [6, 6.07) is 26.7. The average molecular weight is 462 g/mol. The Bertz CT molecular complexity index is 971. The number of rotatable bonds is 6. The lowest BCUT2D eigenvalue weighted by molar-refractivity contribution is 0.274. The molecule has 1 aliphatic rings. The molecule has 0 saturated carbocycles. The highest BCUT2D eigenvalue weighted by molar-refractivity contribution is 7.79. The van der Waals surface area contributed by atoms with Gasteiger partial charge in [0.25, 0.3) is 0 Å². The Hall–Kier alpha value is -1.77. The van der Waals surface area contributed by atoms with Crippen molar-refractivity contribution in [3.63, 3.8) is 0 Å². The molecular formula is C21H21O6P3. The average Bonchev–Trinajstić information content (AvgIpc) is 2.68. The highest BCUT2D eigenvalue weighted by atomic mass is 31.3. The van der Waals surface area contributed by atoms with E-state index in [1.165, 1.54) is 0 Å². The van der Waals surface area contributed by atoms with Gasteiger partial charge in [-0.3, -0.25) is 13.7 Å². The minimum atomic E-state index is -4.00. The molecule has 9 heteroatoms. The molecule has 0 aromatic heterocycles. The number of benzene rings is 3. The quantitative estimate of drug-likeness (QED) is 0.360. The van der Waals surface area contributed by atoms with Crippen LogP contribution in [0.25, 0.3) is 0 Å². The predicted octanol–water partition coefficient (Wildman–Crippen LogP) is 7.23. The predicted molar refractivity (Wildman–Crippen MR) is 117 cm³/mol. The molecule has 3 aromatic carbocycles. The van der Waals surface area contributed by atoms with Crippen molar-refractivity contribution in [3.8, 4) is 0 Å². The summed E-state index contributed by atoms with van der Waals surface area (Å²) in [5.74, 6) is 0. The lowest BCUT2D eigenvalue weighted by Crippen LogP contribution is -2.09. The van der Waals surface area contributed by atoms with Crippen LogP contribution in [-0.2, 0) is 45.1 Å². The molecular weight excluding hydrogens is 441 g/mol. The van der Waals surface area contributed by atoms with Gasteiger partial charge in [0.1, 0.15) is 0 Å². The maximum absolute atomic E-state index is 13.5. The van der Waals surface area contributed by atoms with Gasteiger partial charge < -0.3 is 0 Å². The maximum atomic E-state index is 13.5. The highest BCUT2D eigenvalue weighted by Crippen LogP contribution is 2.84. The molecule has 0 unspecified atom stereocenters. The molecule has 3 aromatic rings. The first-order valence-electron chi connectivity index (χ1n) is 9.38. The van der Waals surface area contributed by atoms with Crippen LogP contribution in [0, 0.1) is 0 Å². The molecule has 4 rings (SSSR count). The summed E-state index contributed by atoms with van der Waals surface area (Å²) >= 11 is 0. The molecule has 1 heterocycles. The first kappa shape index (κ1) is 21.5. The van der Waals surface area contributed by atoms with Gasteiger partial charge in [-0.2, -0.15) is 0 Å². The van der Waals surface area contributed by atoms with Gasteiger partial charge in [0.2, 0.25) is 0 Å². The van der Waals surface area contributed by atoms with Gasteiger partial charge in [-0.15, -0.1) is 0 Å². The van der Waals surface area contributed by atoms with Crippen LogP contribution < -0.4 is 0 Å². The summed E-state index contributed by atoms with van der Waals surface area (Å²) in [7, 11) is -12.0. The normalized spacial score (nSPS) is 28.8. The fourth-order valence-electron chi connectivity index (χ4n) is 3.21. The smallest absolute Gasteiger partial charge is 0.259 e. The van der Waals surface area contributed by atoms with Crippen LogP contribution in [0.15, 0.2) is 91.0 Å². The number of hydrogen-bond acceptors (Lipinski definition) is 6. The first-order chi connectivity index (χ1) is 14.4. The minimum absolute atomic E-state index is 0.144. The lowest BCUT2D eigenvalue weighted by Gasteiger charge is -2.34. The van der Waals surface area contributed by atoms with Crippen LogP contribution >= 0.6 is 22.8 Å². The van der Waals surface area contributed by atoms with E-state index in [9.17, 15) is 13.7 Å². The van der Waals surface area contributed by atoms with E-state index in [-0.39, 0.29) is 18.5 Å². The SMILES string of the molecule is O=P1(Cc2ccccc2)OP(=O)(Cc2ccccc2)OP(=O)(Cc2ccccc2)O1. The molecule has 0 amide bonds. The maximum Gasteiger partial charge on any atom is 0.349 e. The summed E-state index contributed by atoms with van der Waals surface area (Å²) in [6.45, 7) is 0. The Kier molecular flexibility index (Phi) is 6.27. The summed E-state index contributed by atoms with van der Waals surface area (Å²) in [6.07, 6.45) is -0.432. The molecule has 1 fully saturated rings. The second-order valence-electron chi connectivity index (χ2n) is 7.01. The van der Waals surface area contributed by atoms with E-state index >= 15 is 0 Å². The molecule has 156 valence electrons. The Balaban J connectivity index is 1.67. The Morgan fingerprint density at radius 1 is 0.433 bits per heavy atom. The van der Waals surface area contributed by atoms with Crippen molar-refractivity contribution in [3.05, 3.63) is 108 Å². The first-order valence-corrected chi connectivity index (χ1v) is 14.6. The molecule has 1 saturated heterocycles. The Morgan fingerprint density at radius 2 is 0.667 bits per heavy atom. The molecule has 0 N–H and O–H groups in total. The third-order valence-corrected chi connectivity index (χ3v) is 12.6. The summed E-state index contributed by atoms with van der Waals surface area (Å²) in [5, 5.41) is 0. The summed E-state index contributed by atoms with van der Waals surface area (Å²) < 4.78 is 57.1. The van der Waals surface area contributed by atoms with Gasteiger partial charge in [-0.1, -0.05) is 91.0 Å². The van der Waals surface area contributed by atoms with Crippen LogP contribution in [0.4, 0.5) is 0 Å². The molecule has 0 aliphatic carbocycles. The lowest BCUT2D eigenvalue weighted by atomic mass is 10.2. The third-order valence-electron chi connectivity index (χ3n) is 4.40. The second-order valence-corrected chi connectivity index (χ2v) is 13.6. The molecule has 30 heavy (non-hydrogen) atoms. The van der Waals surface area contributed by atoms with E-state index in [1.807, 2.05) is 18.2 Å². The van der Waals surface area contributed by atoms with Crippen molar-refractivity contribution in [1.29, 1.82) is 0 Å². The van der Waals surface area contributed by atoms with Gasteiger partial charge >= 0.3 is 22.8 Å². The summed E-state index contributed by atoms with van der Waals surface area (Å²) in [4.78, 5) is 0. The minimum Gasteiger partial charge on any atom is -0.259 e. The monoisotopic (exact) mass is 462 g/mol. The zero-order valence-electron chi connectivity index (χ0n) is 16.1. The van der Waals surface area contributed by atoms with Crippen LogP contribution in [-0.4, -0.2) is 0 Å². The zero-order chi connectivity index (χ0) is 21.1. The van der Waals surface area contributed by atoms with Gasteiger partial charge in [0, 0.05) is 0 Å². The molecule has 1 aliphatic heterocycles. The van der Waals surface area contributed by atoms with Crippen molar-refractivity contribution in [2.45, 2.75) is 18.5 Å². The summed E-state index contributed by atoms with van der Waals surface area (Å²) in [5.41, 5.74) is 2.00. The van der Waals surface area contributed by atoms with Crippen molar-refractivity contribution in [2.24, 2.45) is 0 Å². The molecule has 0 bridgehead atoms. The Morgan fingerprint density at radius 3 is 0.900 bits per heavy atom. The Labute approximate surface area is 175 Å². The van der Waals surface area contributed by atoms with Crippen molar-refractivity contribution in [2.75, 3.05) is 0 Å². The molecule has 0 atom stereocenters. The van der Waals surface area contributed by atoms with Crippen molar-refractivity contribution >= 4 is 22.8 Å². The molecule has 0 spiro atoms. The fourth-order valence-corrected chi connectivity index (χ4v) is 12.3. The third kappa shape index (κ3) is 5.47.